The minimum absolute atomic E-state index is 0.0150. The van der Waals surface area contributed by atoms with Crippen molar-refractivity contribution in [3.05, 3.63) is 48.6 Å². The van der Waals surface area contributed by atoms with Crippen molar-refractivity contribution in [3.63, 3.8) is 0 Å². The van der Waals surface area contributed by atoms with Gasteiger partial charge in [-0.3, -0.25) is 4.79 Å². The molecule has 4 nitrogen and oxygen atoms in total. The number of ether oxygens (including phenoxy) is 2. The van der Waals surface area contributed by atoms with Gasteiger partial charge in [0.25, 0.3) is 0 Å². The van der Waals surface area contributed by atoms with Gasteiger partial charge in [-0.05, 0) is 12.0 Å². The van der Waals surface area contributed by atoms with Crippen LogP contribution in [0.25, 0.3) is 0 Å². The summed E-state index contributed by atoms with van der Waals surface area (Å²) >= 11 is 0. The number of aliphatic hydroxyl groups excluding tert-OH is 1. The number of aliphatic hydroxyl groups is 1. The number of rotatable bonds is 9. The highest BCUT2D eigenvalue weighted by Gasteiger charge is 2.17. The summed E-state index contributed by atoms with van der Waals surface area (Å²) in [5.74, 6) is -0.419. The number of methoxy groups -OCH3 is 1. The third-order valence-electron chi connectivity index (χ3n) is 2.92. The molecule has 1 N–H and O–H groups in total. The first-order chi connectivity index (χ1) is 9.65. The van der Waals surface area contributed by atoms with E-state index >= 15 is 0 Å². The maximum absolute atomic E-state index is 11.1. The van der Waals surface area contributed by atoms with E-state index in [1.54, 1.807) is 6.08 Å². The number of carbonyl (C=O) groups excluding carboxylic acids is 1. The molecular formula is C16H22O4. The first kappa shape index (κ1) is 16.4. The van der Waals surface area contributed by atoms with Gasteiger partial charge < -0.3 is 14.6 Å². The lowest BCUT2D eigenvalue weighted by molar-refractivity contribution is -0.143. The average molecular weight is 278 g/mol. The van der Waals surface area contributed by atoms with Crippen LogP contribution in [0.15, 0.2) is 43.0 Å². The Morgan fingerprint density at radius 3 is 2.70 bits per heavy atom. The van der Waals surface area contributed by atoms with E-state index in [-0.39, 0.29) is 12.5 Å². The van der Waals surface area contributed by atoms with Gasteiger partial charge in [0.2, 0.25) is 0 Å². The minimum Gasteiger partial charge on any atom is -0.469 e. The van der Waals surface area contributed by atoms with Gasteiger partial charge in [0.05, 0.1) is 32.3 Å². The van der Waals surface area contributed by atoms with Crippen molar-refractivity contribution in [1.82, 2.24) is 0 Å². The molecule has 0 aliphatic rings. The molecule has 1 aromatic rings. The summed E-state index contributed by atoms with van der Waals surface area (Å²) in [5, 5.41) is 9.83. The molecule has 0 unspecified atom stereocenters. The summed E-state index contributed by atoms with van der Waals surface area (Å²) in [6, 6.07) is 9.82. The number of benzene rings is 1. The second kappa shape index (κ2) is 9.28. The van der Waals surface area contributed by atoms with Crippen LogP contribution in [0, 0.1) is 0 Å². The fraction of sp³-hybridized carbons (Fsp3) is 0.438. The molecule has 0 amide bonds. The molecule has 110 valence electrons. The van der Waals surface area contributed by atoms with Crippen molar-refractivity contribution in [2.24, 2.45) is 0 Å². The highest BCUT2D eigenvalue weighted by Crippen LogP contribution is 2.13. The molecule has 1 rings (SSSR count). The Balaban J connectivity index is 2.43. The normalized spacial score (nSPS) is 13.5. The van der Waals surface area contributed by atoms with Gasteiger partial charge in [-0.2, -0.15) is 0 Å². The van der Waals surface area contributed by atoms with E-state index in [1.807, 2.05) is 30.3 Å². The molecule has 4 heteroatoms. The topological polar surface area (TPSA) is 55.8 Å². The zero-order valence-electron chi connectivity index (χ0n) is 11.8. The largest absolute Gasteiger partial charge is 0.469 e. The van der Waals surface area contributed by atoms with Crippen molar-refractivity contribution < 1.29 is 19.4 Å². The summed E-state index contributed by atoms with van der Waals surface area (Å²) in [6.45, 7) is 4.16. The molecule has 2 atom stereocenters. The predicted molar refractivity (Wildman–Crippen MR) is 77.1 cm³/mol. The molecule has 0 heterocycles. The molecule has 0 aromatic heterocycles. The predicted octanol–water partition coefficient (Wildman–Crippen LogP) is 2.46. The third kappa shape index (κ3) is 6.50. The Kier molecular flexibility index (Phi) is 7.62. The van der Waals surface area contributed by atoms with Crippen LogP contribution in [-0.2, 0) is 20.9 Å². The number of hydrogen-bond acceptors (Lipinski definition) is 4. The lowest BCUT2D eigenvalue weighted by Gasteiger charge is -2.19. The molecule has 0 bridgehead atoms. The first-order valence-corrected chi connectivity index (χ1v) is 6.67. The monoisotopic (exact) mass is 278 g/mol. The van der Waals surface area contributed by atoms with Crippen molar-refractivity contribution in [2.45, 2.75) is 38.1 Å². The van der Waals surface area contributed by atoms with E-state index in [4.69, 9.17) is 4.74 Å². The van der Waals surface area contributed by atoms with E-state index in [2.05, 4.69) is 11.3 Å². The highest BCUT2D eigenvalue weighted by atomic mass is 16.5. The van der Waals surface area contributed by atoms with Gasteiger partial charge in [0, 0.05) is 6.42 Å². The molecule has 0 aliphatic carbocycles. The van der Waals surface area contributed by atoms with Gasteiger partial charge in [-0.1, -0.05) is 36.4 Å². The highest BCUT2D eigenvalue weighted by molar-refractivity contribution is 5.69. The van der Waals surface area contributed by atoms with Gasteiger partial charge >= 0.3 is 5.97 Å². The van der Waals surface area contributed by atoms with Crippen LogP contribution >= 0.6 is 0 Å². The number of carbonyl (C=O) groups is 1. The van der Waals surface area contributed by atoms with Crippen molar-refractivity contribution in [1.29, 1.82) is 0 Å². The molecule has 0 saturated carbocycles. The quantitative estimate of drug-likeness (QED) is 0.557. The van der Waals surface area contributed by atoms with E-state index in [0.717, 1.165) is 5.56 Å². The molecule has 0 radical (unpaired) electrons. The molecule has 0 aliphatic heterocycles. The SMILES string of the molecule is C=CC[C@H](C[C@@H](O)CC(=O)OC)OCc1ccccc1. The van der Waals surface area contributed by atoms with Gasteiger partial charge in [0.1, 0.15) is 0 Å². The standard InChI is InChI=1S/C16H22O4/c1-3-7-15(10-14(17)11-16(18)19-2)20-12-13-8-5-4-6-9-13/h3-6,8-9,14-15,17H,1,7,10-12H2,2H3/t14-,15-/m1/s1. The molecular weight excluding hydrogens is 256 g/mol. The number of hydrogen-bond donors (Lipinski definition) is 1. The van der Waals surface area contributed by atoms with Crippen LogP contribution < -0.4 is 0 Å². The fourth-order valence-corrected chi connectivity index (χ4v) is 1.87. The second-order valence-corrected chi connectivity index (χ2v) is 4.61. The second-order valence-electron chi connectivity index (χ2n) is 4.61. The van der Waals surface area contributed by atoms with E-state index in [1.165, 1.54) is 7.11 Å². The van der Waals surface area contributed by atoms with Crippen molar-refractivity contribution in [3.8, 4) is 0 Å². The molecule has 0 saturated heterocycles. The third-order valence-corrected chi connectivity index (χ3v) is 2.92. The summed E-state index contributed by atoms with van der Waals surface area (Å²) < 4.78 is 10.3. The number of esters is 1. The van der Waals surface area contributed by atoms with E-state index < -0.39 is 12.1 Å². The van der Waals surface area contributed by atoms with Crippen LogP contribution in [0.3, 0.4) is 0 Å². The Hall–Kier alpha value is -1.65. The van der Waals surface area contributed by atoms with Crippen LogP contribution in [0.2, 0.25) is 0 Å². The maximum atomic E-state index is 11.1. The van der Waals surface area contributed by atoms with Crippen molar-refractivity contribution in [2.75, 3.05) is 7.11 Å². The summed E-state index contributed by atoms with van der Waals surface area (Å²) in [5.41, 5.74) is 1.07. The lowest BCUT2D eigenvalue weighted by atomic mass is 10.1. The van der Waals surface area contributed by atoms with Crippen LogP contribution in [0.1, 0.15) is 24.8 Å². The average Bonchev–Trinajstić information content (AvgIpc) is 2.46. The summed E-state index contributed by atoms with van der Waals surface area (Å²) in [4.78, 5) is 11.1. The van der Waals surface area contributed by atoms with Crippen molar-refractivity contribution >= 4 is 5.97 Å². The lowest BCUT2D eigenvalue weighted by Crippen LogP contribution is -2.23. The van der Waals surface area contributed by atoms with Crippen LogP contribution in [0.4, 0.5) is 0 Å². The molecule has 0 spiro atoms. The van der Waals surface area contributed by atoms with Gasteiger partial charge in [-0.25, -0.2) is 0 Å². The Morgan fingerprint density at radius 2 is 2.10 bits per heavy atom. The Bertz CT molecular complexity index is 402. The molecule has 1 aromatic carbocycles. The van der Waals surface area contributed by atoms with Crippen LogP contribution in [-0.4, -0.2) is 30.4 Å². The van der Waals surface area contributed by atoms with Crippen LogP contribution in [0.5, 0.6) is 0 Å². The zero-order valence-corrected chi connectivity index (χ0v) is 11.8. The zero-order chi connectivity index (χ0) is 14.8. The Morgan fingerprint density at radius 1 is 1.40 bits per heavy atom. The van der Waals surface area contributed by atoms with Gasteiger partial charge in [-0.15, -0.1) is 6.58 Å². The fourth-order valence-electron chi connectivity index (χ4n) is 1.87. The smallest absolute Gasteiger partial charge is 0.308 e. The van der Waals surface area contributed by atoms with E-state index in [0.29, 0.717) is 19.4 Å². The minimum atomic E-state index is -0.761. The Labute approximate surface area is 120 Å². The summed E-state index contributed by atoms with van der Waals surface area (Å²) in [6.07, 6.45) is 1.83. The molecule has 20 heavy (non-hydrogen) atoms. The molecule has 0 fully saturated rings. The van der Waals surface area contributed by atoms with Gasteiger partial charge in [0.15, 0.2) is 0 Å². The first-order valence-electron chi connectivity index (χ1n) is 6.67. The summed E-state index contributed by atoms with van der Waals surface area (Å²) in [7, 11) is 1.31. The van der Waals surface area contributed by atoms with E-state index in [9.17, 15) is 9.90 Å². The maximum Gasteiger partial charge on any atom is 0.308 e.